The topological polar surface area (TPSA) is 47.9 Å². The molecule has 0 spiro atoms. The zero-order valence-electron chi connectivity index (χ0n) is 10.9. The molecule has 2 aromatic heterocycles. The average molecular weight is 357 g/mol. The van der Waals surface area contributed by atoms with Crippen LogP contribution in [0.25, 0.3) is 10.9 Å². The van der Waals surface area contributed by atoms with Crippen molar-refractivity contribution in [1.82, 2.24) is 15.0 Å². The van der Waals surface area contributed by atoms with Crippen LogP contribution < -0.4 is 3.07 Å². The minimum atomic E-state index is 0.308. The highest BCUT2D eigenvalue weighted by molar-refractivity contribution is 14.1. The van der Waals surface area contributed by atoms with E-state index in [4.69, 9.17) is 3.07 Å². The van der Waals surface area contributed by atoms with Gasteiger partial charge in [0.05, 0.1) is 22.8 Å². The molecule has 0 aliphatic carbocycles. The summed E-state index contributed by atoms with van der Waals surface area (Å²) in [5.41, 5.74) is 1.78. The van der Waals surface area contributed by atoms with Gasteiger partial charge in [-0.05, 0) is 5.92 Å². The number of hydrogen-bond acceptors (Lipinski definition) is 4. The van der Waals surface area contributed by atoms with Gasteiger partial charge < -0.3 is 3.07 Å². The fourth-order valence-corrected chi connectivity index (χ4v) is 2.24. The molecule has 2 heterocycles. The second kappa shape index (κ2) is 5.34. The third kappa shape index (κ3) is 2.41. The first kappa shape index (κ1) is 13.5. The quantitative estimate of drug-likeness (QED) is 0.779. The monoisotopic (exact) mass is 357 g/mol. The summed E-state index contributed by atoms with van der Waals surface area (Å²) in [7, 11) is 0. The van der Waals surface area contributed by atoms with E-state index in [-0.39, 0.29) is 0 Å². The zero-order chi connectivity index (χ0) is 13.3. The number of pyridine rings is 1. The van der Waals surface area contributed by atoms with Crippen molar-refractivity contribution in [3.63, 3.8) is 0 Å². The molecular weight excluding hydrogens is 341 g/mol. The van der Waals surface area contributed by atoms with Crippen molar-refractivity contribution in [2.75, 3.05) is 0 Å². The van der Waals surface area contributed by atoms with Crippen LogP contribution in [0.4, 0.5) is 0 Å². The van der Waals surface area contributed by atoms with E-state index in [1.54, 1.807) is 6.20 Å². The number of fused-ring (bicyclic) bond motifs is 1. The molecule has 0 aliphatic rings. The fraction of sp³-hybridized carbons (Fsp3) is 0.462. The van der Waals surface area contributed by atoms with Crippen LogP contribution in [0.2, 0.25) is 0 Å². The molecule has 18 heavy (non-hydrogen) atoms. The van der Waals surface area contributed by atoms with E-state index >= 15 is 0 Å². The molecule has 0 aromatic carbocycles. The Morgan fingerprint density at radius 3 is 2.33 bits per heavy atom. The van der Waals surface area contributed by atoms with Crippen LogP contribution in [0.3, 0.4) is 0 Å². The van der Waals surface area contributed by atoms with E-state index < -0.39 is 0 Å². The molecular formula is C13H16IN3O. The summed E-state index contributed by atoms with van der Waals surface area (Å²) < 4.78 is 5.45. The van der Waals surface area contributed by atoms with Crippen LogP contribution in [0.1, 0.15) is 51.0 Å². The molecule has 0 saturated carbocycles. The first-order valence-electron chi connectivity index (χ1n) is 5.98. The van der Waals surface area contributed by atoms with E-state index in [2.05, 4.69) is 42.6 Å². The highest BCUT2D eigenvalue weighted by atomic mass is 127. The van der Waals surface area contributed by atoms with Crippen molar-refractivity contribution < 1.29 is 3.07 Å². The normalized spacial score (nSPS) is 11.5. The Bertz CT molecular complexity index is 569. The summed E-state index contributed by atoms with van der Waals surface area (Å²) in [4.78, 5) is 13.4. The second-order valence-corrected chi connectivity index (χ2v) is 5.33. The molecule has 0 N–H and O–H groups in total. The second-order valence-electron chi connectivity index (χ2n) is 4.89. The fourth-order valence-electron chi connectivity index (χ4n) is 1.78. The lowest BCUT2D eigenvalue weighted by atomic mass is 10.1. The Morgan fingerprint density at radius 1 is 1.06 bits per heavy atom. The lowest BCUT2D eigenvalue weighted by molar-refractivity contribution is 0.675. The number of hydrogen-bond donors (Lipinski definition) is 0. The van der Waals surface area contributed by atoms with Gasteiger partial charge in [0.1, 0.15) is 5.82 Å². The van der Waals surface area contributed by atoms with Crippen molar-refractivity contribution >= 4 is 33.9 Å². The largest absolute Gasteiger partial charge is 0.425 e. The Hall–Kier alpha value is -0.980. The predicted molar refractivity (Wildman–Crippen MR) is 80.2 cm³/mol. The minimum Gasteiger partial charge on any atom is -0.425 e. The maximum absolute atomic E-state index is 5.45. The van der Waals surface area contributed by atoms with Crippen molar-refractivity contribution in [2.45, 2.75) is 39.5 Å². The highest BCUT2D eigenvalue weighted by Gasteiger charge is 2.15. The van der Waals surface area contributed by atoms with E-state index in [1.165, 1.54) is 0 Å². The maximum Gasteiger partial charge on any atom is 0.192 e. The Balaban J connectivity index is 2.67. The molecule has 2 aromatic rings. The minimum absolute atomic E-state index is 0.308. The first-order chi connectivity index (χ1) is 8.54. The smallest absolute Gasteiger partial charge is 0.192 e. The molecule has 0 amide bonds. The summed E-state index contributed by atoms with van der Waals surface area (Å²) in [5, 5.41) is 0.924. The Morgan fingerprint density at radius 2 is 1.78 bits per heavy atom. The van der Waals surface area contributed by atoms with Crippen molar-refractivity contribution in [2.24, 2.45) is 0 Å². The lowest BCUT2D eigenvalue weighted by Crippen LogP contribution is -2.01. The third-order valence-corrected chi connectivity index (χ3v) is 3.22. The first-order valence-corrected chi connectivity index (χ1v) is 6.86. The van der Waals surface area contributed by atoms with Crippen LogP contribution in [-0.2, 0) is 0 Å². The maximum atomic E-state index is 5.45. The SMILES string of the molecule is CC(C)c1ncc2c(OI)c(C(C)C)ncc2n1. The van der Waals surface area contributed by atoms with Gasteiger partial charge in [-0.25, -0.2) is 9.97 Å². The molecule has 0 radical (unpaired) electrons. The van der Waals surface area contributed by atoms with Gasteiger partial charge >= 0.3 is 0 Å². The molecule has 2 rings (SSSR count). The van der Waals surface area contributed by atoms with Gasteiger partial charge in [0.2, 0.25) is 0 Å². The average Bonchev–Trinajstić information content (AvgIpc) is 2.36. The Labute approximate surface area is 121 Å². The number of aromatic nitrogens is 3. The summed E-state index contributed by atoms with van der Waals surface area (Å²) in [6.07, 6.45) is 3.64. The number of rotatable bonds is 3. The standard InChI is InChI=1S/C13H16IN3O/c1-7(2)11-12(18-14)9-5-16-13(8(3)4)17-10(9)6-15-11/h5-8H,1-4H3. The molecule has 5 heteroatoms. The van der Waals surface area contributed by atoms with Crippen LogP contribution in [0, 0.1) is 0 Å². The van der Waals surface area contributed by atoms with E-state index in [9.17, 15) is 0 Å². The van der Waals surface area contributed by atoms with E-state index in [1.807, 2.05) is 29.2 Å². The molecule has 0 saturated heterocycles. The molecule has 0 atom stereocenters. The van der Waals surface area contributed by atoms with Gasteiger partial charge in [0, 0.05) is 12.1 Å². The molecule has 0 fully saturated rings. The third-order valence-electron chi connectivity index (χ3n) is 2.78. The Kier molecular flexibility index (Phi) is 3.99. The highest BCUT2D eigenvalue weighted by Crippen LogP contribution is 2.33. The van der Waals surface area contributed by atoms with E-state index in [0.717, 1.165) is 28.2 Å². The van der Waals surface area contributed by atoms with Crippen LogP contribution in [0.5, 0.6) is 5.75 Å². The lowest BCUT2D eigenvalue weighted by Gasteiger charge is -2.12. The van der Waals surface area contributed by atoms with Crippen LogP contribution >= 0.6 is 23.0 Å². The molecule has 4 nitrogen and oxygen atoms in total. The molecule has 0 unspecified atom stereocenters. The van der Waals surface area contributed by atoms with Gasteiger partial charge in [0.25, 0.3) is 0 Å². The molecule has 0 aliphatic heterocycles. The van der Waals surface area contributed by atoms with Gasteiger partial charge in [-0.3, -0.25) is 4.98 Å². The molecule has 96 valence electrons. The number of halogens is 1. The number of nitrogens with zero attached hydrogens (tertiary/aromatic N) is 3. The zero-order valence-corrected chi connectivity index (χ0v) is 13.1. The van der Waals surface area contributed by atoms with Gasteiger partial charge in [-0.15, -0.1) is 0 Å². The summed E-state index contributed by atoms with van der Waals surface area (Å²) in [5.74, 6) is 2.23. The molecule has 0 bridgehead atoms. The van der Waals surface area contributed by atoms with Crippen molar-refractivity contribution in [1.29, 1.82) is 0 Å². The van der Waals surface area contributed by atoms with Gasteiger partial charge in [-0.2, -0.15) is 0 Å². The van der Waals surface area contributed by atoms with Crippen molar-refractivity contribution in [3.8, 4) is 5.75 Å². The van der Waals surface area contributed by atoms with Crippen LogP contribution in [0.15, 0.2) is 12.4 Å². The van der Waals surface area contributed by atoms with Crippen molar-refractivity contribution in [3.05, 3.63) is 23.9 Å². The van der Waals surface area contributed by atoms with E-state index in [0.29, 0.717) is 11.8 Å². The van der Waals surface area contributed by atoms with Gasteiger partial charge in [0.15, 0.2) is 28.8 Å². The van der Waals surface area contributed by atoms with Crippen LogP contribution in [-0.4, -0.2) is 15.0 Å². The summed E-state index contributed by atoms with van der Waals surface area (Å²) in [6.45, 7) is 8.34. The predicted octanol–water partition coefficient (Wildman–Crippen LogP) is 4.00. The van der Waals surface area contributed by atoms with Gasteiger partial charge in [-0.1, -0.05) is 27.7 Å². The summed E-state index contributed by atoms with van der Waals surface area (Å²) >= 11 is 1.89. The summed E-state index contributed by atoms with van der Waals surface area (Å²) in [6, 6.07) is 0.